The number of nitrogens with two attached hydrogens (primary N) is 1. The maximum Gasteiger partial charge on any atom is 0.143 e. The number of benzene rings is 1. The first kappa shape index (κ1) is 14.7. The van der Waals surface area contributed by atoms with Gasteiger partial charge in [0.1, 0.15) is 5.75 Å². The lowest BCUT2D eigenvalue weighted by molar-refractivity contribution is 0.417. The van der Waals surface area contributed by atoms with Crippen LogP contribution in [0.1, 0.15) is 0 Å². The molecule has 0 aliphatic rings. The monoisotopic (exact) mass is 224 g/mol. The molecule has 0 aliphatic carbocycles. The van der Waals surface area contributed by atoms with Gasteiger partial charge in [0.15, 0.2) is 0 Å². The molecule has 0 radical (unpaired) electrons. The standard InChI is InChI=1S/C8H12N2O.2ClH/c1-10-6-3-4-7(9)8(5-6)11-2;;/h3-5,10H,9H2,1-2H3;2*1H. The fourth-order valence-corrected chi connectivity index (χ4v) is 0.867. The number of hydrogen-bond donors (Lipinski definition) is 2. The number of rotatable bonds is 2. The molecular formula is C8H14Cl2N2O. The number of halogens is 2. The highest BCUT2D eigenvalue weighted by atomic mass is 35.5. The van der Waals surface area contributed by atoms with Crippen LogP contribution in [0.3, 0.4) is 0 Å². The van der Waals surface area contributed by atoms with Crippen molar-refractivity contribution in [2.45, 2.75) is 0 Å². The molecule has 0 saturated heterocycles. The van der Waals surface area contributed by atoms with Crippen molar-refractivity contribution in [1.82, 2.24) is 0 Å². The van der Waals surface area contributed by atoms with Gasteiger partial charge in [0.25, 0.3) is 0 Å². The third-order valence-corrected chi connectivity index (χ3v) is 1.52. The Morgan fingerprint density at radius 3 is 2.38 bits per heavy atom. The summed E-state index contributed by atoms with van der Waals surface area (Å²) < 4.78 is 5.02. The minimum absolute atomic E-state index is 0. The van der Waals surface area contributed by atoms with E-state index in [0.717, 1.165) is 5.69 Å². The van der Waals surface area contributed by atoms with Gasteiger partial charge in [0, 0.05) is 18.8 Å². The zero-order valence-electron chi connectivity index (χ0n) is 7.53. The van der Waals surface area contributed by atoms with E-state index in [4.69, 9.17) is 10.5 Å². The molecule has 0 aliphatic heterocycles. The SMILES string of the molecule is CNc1ccc(N)c(OC)c1.Cl.Cl. The van der Waals surface area contributed by atoms with Crippen LogP contribution in [0.15, 0.2) is 18.2 Å². The maximum atomic E-state index is 5.60. The number of ether oxygens (including phenoxy) is 1. The second-order valence-electron chi connectivity index (χ2n) is 2.21. The number of hydrogen-bond acceptors (Lipinski definition) is 3. The third kappa shape index (κ3) is 3.61. The topological polar surface area (TPSA) is 47.3 Å². The fourth-order valence-electron chi connectivity index (χ4n) is 0.867. The number of anilines is 2. The van der Waals surface area contributed by atoms with Crippen molar-refractivity contribution in [3.63, 3.8) is 0 Å². The number of nitrogens with one attached hydrogen (secondary N) is 1. The second-order valence-corrected chi connectivity index (χ2v) is 2.21. The Labute approximate surface area is 90.5 Å². The highest BCUT2D eigenvalue weighted by Crippen LogP contribution is 2.24. The zero-order valence-corrected chi connectivity index (χ0v) is 9.17. The molecule has 0 unspecified atom stereocenters. The van der Waals surface area contributed by atoms with Crippen molar-refractivity contribution >= 4 is 36.2 Å². The smallest absolute Gasteiger partial charge is 0.143 e. The van der Waals surface area contributed by atoms with Crippen LogP contribution in [0.5, 0.6) is 5.75 Å². The quantitative estimate of drug-likeness (QED) is 0.758. The molecule has 0 atom stereocenters. The van der Waals surface area contributed by atoms with Gasteiger partial charge in [-0.1, -0.05) is 0 Å². The van der Waals surface area contributed by atoms with Crippen molar-refractivity contribution < 1.29 is 4.74 Å². The molecule has 3 nitrogen and oxygen atoms in total. The first-order valence-electron chi connectivity index (χ1n) is 3.39. The summed E-state index contributed by atoms with van der Waals surface area (Å²) in [7, 11) is 3.45. The summed E-state index contributed by atoms with van der Waals surface area (Å²) in [6, 6.07) is 5.57. The van der Waals surface area contributed by atoms with Crippen LogP contribution < -0.4 is 15.8 Å². The lowest BCUT2D eigenvalue weighted by Crippen LogP contribution is -1.94. The van der Waals surface area contributed by atoms with Gasteiger partial charge < -0.3 is 15.8 Å². The van der Waals surface area contributed by atoms with Crippen molar-refractivity contribution in [2.75, 3.05) is 25.2 Å². The first-order chi connectivity index (χ1) is 5.27. The Hall–Kier alpha value is -0.800. The fraction of sp³-hybridized carbons (Fsp3) is 0.250. The second kappa shape index (κ2) is 6.69. The molecule has 0 fully saturated rings. The van der Waals surface area contributed by atoms with Crippen LogP contribution in [0.2, 0.25) is 0 Å². The van der Waals surface area contributed by atoms with Crippen LogP contribution in [0, 0.1) is 0 Å². The predicted octanol–water partition coefficient (Wildman–Crippen LogP) is 2.16. The van der Waals surface area contributed by atoms with E-state index >= 15 is 0 Å². The molecule has 3 N–H and O–H groups in total. The van der Waals surface area contributed by atoms with Gasteiger partial charge in [-0.2, -0.15) is 0 Å². The van der Waals surface area contributed by atoms with Crippen molar-refractivity contribution in [2.24, 2.45) is 0 Å². The highest BCUT2D eigenvalue weighted by molar-refractivity contribution is 5.85. The van der Waals surface area contributed by atoms with E-state index in [2.05, 4.69) is 5.32 Å². The zero-order chi connectivity index (χ0) is 8.27. The Kier molecular flexibility index (Phi) is 7.57. The van der Waals surface area contributed by atoms with E-state index in [1.165, 1.54) is 0 Å². The van der Waals surface area contributed by atoms with Gasteiger partial charge >= 0.3 is 0 Å². The van der Waals surface area contributed by atoms with Crippen molar-refractivity contribution in [3.05, 3.63) is 18.2 Å². The van der Waals surface area contributed by atoms with Gasteiger partial charge in [0.2, 0.25) is 0 Å². The molecular weight excluding hydrogens is 211 g/mol. The van der Waals surface area contributed by atoms with Crippen LogP contribution in [0.25, 0.3) is 0 Å². The summed E-state index contributed by atoms with van der Waals surface area (Å²) in [4.78, 5) is 0. The van der Waals surface area contributed by atoms with Crippen LogP contribution in [-0.4, -0.2) is 14.2 Å². The Morgan fingerprint density at radius 2 is 1.92 bits per heavy atom. The molecule has 0 amide bonds. The van der Waals surface area contributed by atoms with Crippen molar-refractivity contribution in [1.29, 1.82) is 0 Å². The van der Waals surface area contributed by atoms with Gasteiger partial charge in [-0.25, -0.2) is 0 Å². The van der Waals surface area contributed by atoms with E-state index in [1.807, 2.05) is 25.2 Å². The summed E-state index contributed by atoms with van der Waals surface area (Å²) in [5.74, 6) is 0.705. The normalized spacial score (nSPS) is 7.85. The lowest BCUT2D eigenvalue weighted by Gasteiger charge is -2.06. The summed E-state index contributed by atoms with van der Waals surface area (Å²) in [5.41, 5.74) is 7.26. The minimum atomic E-state index is 0. The predicted molar refractivity (Wildman–Crippen MR) is 61.4 cm³/mol. The molecule has 1 rings (SSSR count). The minimum Gasteiger partial charge on any atom is -0.495 e. The third-order valence-electron chi connectivity index (χ3n) is 1.52. The van der Waals surface area contributed by atoms with E-state index in [-0.39, 0.29) is 24.8 Å². The van der Waals surface area contributed by atoms with Crippen LogP contribution >= 0.6 is 24.8 Å². The summed E-state index contributed by atoms with van der Waals surface area (Å²) in [6.45, 7) is 0. The van der Waals surface area contributed by atoms with E-state index < -0.39 is 0 Å². The molecule has 0 bridgehead atoms. The van der Waals surface area contributed by atoms with E-state index in [1.54, 1.807) is 7.11 Å². The molecule has 13 heavy (non-hydrogen) atoms. The highest BCUT2D eigenvalue weighted by Gasteiger charge is 1.97. The average Bonchev–Trinajstić information content (AvgIpc) is 2.05. The number of methoxy groups -OCH3 is 1. The van der Waals surface area contributed by atoms with E-state index in [9.17, 15) is 0 Å². The molecule has 0 aromatic heterocycles. The largest absolute Gasteiger partial charge is 0.495 e. The lowest BCUT2D eigenvalue weighted by atomic mass is 10.2. The molecule has 5 heteroatoms. The van der Waals surface area contributed by atoms with Crippen LogP contribution in [0.4, 0.5) is 11.4 Å². The summed E-state index contributed by atoms with van der Waals surface area (Å²) in [5, 5.41) is 2.99. The summed E-state index contributed by atoms with van der Waals surface area (Å²) in [6.07, 6.45) is 0. The van der Waals surface area contributed by atoms with E-state index in [0.29, 0.717) is 11.4 Å². The van der Waals surface area contributed by atoms with Gasteiger partial charge in [-0.05, 0) is 12.1 Å². The number of nitrogen functional groups attached to an aromatic ring is 1. The Morgan fingerprint density at radius 1 is 1.31 bits per heavy atom. The Bertz CT molecular complexity index is 256. The summed E-state index contributed by atoms with van der Waals surface area (Å²) >= 11 is 0. The van der Waals surface area contributed by atoms with Gasteiger partial charge in [-0.15, -0.1) is 24.8 Å². The maximum absolute atomic E-state index is 5.60. The first-order valence-corrected chi connectivity index (χ1v) is 3.39. The van der Waals surface area contributed by atoms with Gasteiger partial charge in [0.05, 0.1) is 12.8 Å². The Balaban J connectivity index is 0. The molecule has 76 valence electrons. The molecule has 1 aromatic carbocycles. The van der Waals surface area contributed by atoms with Crippen molar-refractivity contribution in [3.8, 4) is 5.75 Å². The molecule has 0 heterocycles. The molecule has 0 saturated carbocycles. The molecule has 0 spiro atoms. The van der Waals surface area contributed by atoms with Gasteiger partial charge in [-0.3, -0.25) is 0 Å². The van der Waals surface area contributed by atoms with Crippen LogP contribution in [-0.2, 0) is 0 Å². The molecule has 1 aromatic rings. The average molecular weight is 225 g/mol.